The highest BCUT2D eigenvalue weighted by Gasteiger charge is 2.46. The van der Waals surface area contributed by atoms with E-state index in [-0.39, 0.29) is 11.9 Å². The maximum atomic E-state index is 13.5. The molecule has 0 aromatic heterocycles. The predicted molar refractivity (Wildman–Crippen MR) is 112 cm³/mol. The Morgan fingerprint density at radius 1 is 1.24 bits per heavy atom. The molecule has 1 aliphatic rings. The van der Waals surface area contributed by atoms with Crippen LogP contribution in [0.2, 0.25) is 0 Å². The molecular formula is C23H24BrFN2O2. The highest BCUT2D eigenvalue weighted by Crippen LogP contribution is 2.44. The van der Waals surface area contributed by atoms with Crippen molar-refractivity contribution in [1.29, 1.82) is 5.26 Å². The quantitative estimate of drug-likeness (QED) is 0.525. The summed E-state index contributed by atoms with van der Waals surface area (Å²) in [6.45, 7) is 6.09. The summed E-state index contributed by atoms with van der Waals surface area (Å²) in [6.07, 6.45) is 0.440. The van der Waals surface area contributed by atoms with Crippen LogP contribution in [0.1, 0.15) is 50.8 Å². The molecular weight excluding hydrogens is 435 g/mol. The molecule has 29 heavy (non-hydrogen) atoms. The van der Waals surface area contributed by atoms with Crippen molar-refractivity contribution in [1.82, 2.24) is 4.90 Å². The molecule has 0 aliphatic carbocycles. The van der Waals surface area contributed by atoms with Crippen molar-refractivity contribution >= 4 is 22.0 Å². The van der Waals surface area contributed by atoms with E-state index in [1.165, 1.54) is 12.1 Å². The normalized spacial score (nSPS) is 20.7. The Morgan fingerprint density at radius 3 is 2.41 bits per heavy atom. The van der Waals surface area contributed by atoms with Crippen LogP contribution in [0.15, 0.2) is 53.0 Å². The molecule has 3 rings (SSSR count). The monoisotopic (exact) mass is 458 g/mol. The number of nitriles is 1. The lowest BCUT2D eigenvalue weighted by Gasteiger charge is -2.45. The van der Waals surface area contributed by atoms with Gasteiger partial charge in [0.2, 0.25) is 0 Å². The molecule has 2 atom stereocenters. The topological polar surface area (TPSA) is 53.3 Å². The predicted octanol–water partition coefficient (Wildman–Crippen LogP) is 6.33. The van der Waals surface area contributed by atoms with Crippen molar-refractivity contribution < 1.29 is 13.9 Å². The molecule has 0 spiro atoms. The molecule has 1 heterocycles. The van der Waals surface area contributed by atoms with Gasteiger partial charge in [-0.3, -0.25) is 0 Å². The average molecular weight is 459 g/mol. The van der Waals surface area contributed by atoms with Gasteiger partial charge in [0, 0.05) is 23.9 Å². The van der Waals surface area contributed by atoms with Crippen LogP contribution < -0.4 is 0 Å². The zero-order valence-electron chi connectivity index (χ0n) is 16.8. The van der Waals surface area contributed by atoms with Crippen LogP contribution >= 0.6 is 15.9 Å². The van der Waals surface area contributed by atoms with Gasteiger partial charge in [0.15, 0.2) is 0 Å². The largest absolute Gasteiger partial charge is 0.438 e. The molecule has 0 N–H and O–H groups in total. The van der Waals surface area contributed by atoms with E-state index in [1.807, 2.05) is 45.0 Å². The van der Waals surface area contributed by atoms with Crippen molar-refractivity contribution in [2.45, 2.75) is 45.3 Å². The van der Waals surface area contributed by atoms with Gasteiger partial charge < -0.3 is 9.64 Å². The van der Waals surface area contributed by atoms with Gasteiger partial charge in [0.1, 0.15) is 11.4 Å². The van der Waals surface area contributed by atoms with Gasteiger partial charge in [-0.25, -0.2) is 9.18 Å². The summed E-state index contributed by atoms with van der Waals surface area (Å²) in [5, 5.41) is 9.54. The van der Waals surface area contributed by atoms with Crippen LogP contribution in [-0.2, 0) is 10.3 Å². The third kappa shape index (κ3) is 4.62. The zero-order valence-corrected chi connectivity index (χ0v) is 18.4. The smallest absolute Gasteiger partial charge is 0.411 e. The Morgan fingerprint density at radius 2 is 1.86 bits per heavy atom. The van der Waals surface area contributed by atoms with Crippen LogP contribution in [0.25, 0.3) is 0 Å². The molecule has 1 saturated heterocycles. The Hall–Kier alpha value is -2.39. The van der Waals surface area contributed by atoms with E-state index < -0.39 is 17.1 Å². The lowest BCUT2D eigenvalue weighted by Crippen LogP contribution is -2.50. The highest BCUT2D eigenvalue weighted by molar-refractivity contribution is 9.10. The number of hydrogen-bond donors (Lipinski definition) is 0. The van der Waals surface area contributed by atoms with Crippen LogP contribution in [0.4, 0.5) is 9.18 Å². The van der Waals surface area contributed by atoms with Gasteiger partial charge in [-0.05, 0) is 56.2 Å². The fraction of sp³-hybridized carbons (Fsp3) is 0.391. The minimum absolute atomic E-state index is 0.147. The van der Waals surface area contributed by atoms with Crippen LogP contribution in [0.3, 0.4) is 0 Å². The molecule has 1 unspecified atom stereocenters. The summed E-state index contributed by atoms with van der Waals surface area (Å²) in [5.74, 6) is -0.351. The number of rotatable bonds is 5. The fourth-order valence-electron chi connectivity index (χ4n) is 3.88. The molecule has 0 saturated carbocycles. The Bertz CT molecular complexity index is 921. The van der Waals surface area contributed by atoms with Gasteiger partial charge >= 0.3 is 6.09 Å². The minimum Gasteiger partial charge on any atom is -0.438 e. The summed E-state index contributed by atoms with van der Waals surface area (Å²) in [5.41, 5.74) is 0.0667. The minimum atomic E-state index is -0.958. The van der Waals surface area contributed by atoms with Crippen LogP contribution in [-0.4, -0.2) is 17.5 Å². The highest BCUT2D eigenvalue weighted by atomic mass is 79.9. The van der Waals surface area contributed by atoms with Gasteiger partial charge in [-0.15, -0.1) is 0 Å². The van der Waals surface area contributed by atoms with Gasteiger partial charge in [-0.1, -0.05) is 40.2 Å². The fourth-order valence-corrected chi connectivity index (χ4v) is 4.14. The molecule has 4 nitrogen and oxygen atoms in total. The Balaban J connectivity index is 1.89. The van der Waals surface area contributed by atoms with E-state index in [2.05, 4.69) is 22.0 Å². The van der Waals surface area contributed by atoms with E-state index in [0.29, 0.717) is 24.9 Å². The molecule has 6 heteroatoms. The molecule has 2 aromatic rings. The first-order chi connectivity index (χ1) is 13.7. The third-order valence-electron chi connectivity index (χ3n) is 5.49. The lowest BCUT2D eigenvalue weighted by molar-refractivity contribution is -0.0770. The van der Waals surface area contributed by atoms with Crippen molar-refractivity contribution in [3.05, 3.63) is 69.9 Å². The van der Waals surface area contributed by atoms with E-state index >= 15 is 0 Å². The van der Waals surface area contributed by atoms with Crippen molar-refractivity contribution in [3.8, 4) is 6.07 Å². The summed E-state index contributed by atoms with van der Waals surface area (Å²) in [7, 11) is 0. The molecule has 0 radical (unpaired) electrons. The summed E-state index contributed by atoms with van der Waals surface area (Å²) >= 11 is 3.42. The number of ether oxygens (including phenoxy) is 1. The molecule has 1 aliphatic heterocycles. The number of halogens is 2. The lowest BCUT2D eigenvalue weighted by atomic mass is 9.75. The maximum Gasteiger partial charge on any atom is 0.411 e. The molecule has 152 valence electrons. The van der Waals surface area contributed by atoms with E-state index in [9.17, 15) is 14.4 Å². The molecule has 2 aromatic carbocycles. The van der Waals surface area contributed by atoms with Gasteiger partial charge in [-0.2, -0.15) is 5.26 Å². The molecule has 1 fully saturated rings. The number of cyclic esters (lactones) is 1. The van der Waals surface area contributed by atoms with Crippen LogP contribution in [0, 0.1) is 22.6 Å². The van der Waals surface area contributed by atoms with Gasteiger partial charge in [0.05, 0.1) is 17.5 Å². The summed E-state index contributed by atoms with van der Waals surface area (Å²) in [4.78, 5) is 14.7. The molecule has 0 bridgehead atoms. The summed E-state index contributed by atoms with van der Waals surface area (Å²) < 4.78 is 20.5. The number of carbonyl (C=O) groups is 1. The zero-order chi connectivity index (χ0) is 21.2. The van der Waals surface area contributed by atoms with Crippen molar-refractivity contribution in [2.24, 2.45) is 5.41 Å². The SMILES string of the molecule is CC(c1ccc(Br)cc1)N1CC[C@](CC(C)(C)C#N)(c2ccc(F)cc2)OC1=O. The Kier molecular flexibility index (Phi) is 6.00. The Labute approximate surface area is 179 Å². The maximum absolute atomic E-state index is 13.5. The second-order valence-corrected chi connectivity index (χ2v) is 9.13. The second kappa shape index (κ2) is 8.16. The van der Waals surface area contributed by atoms with E-state index in [4.69, 9.17) is 4.74 Å². The van der Waals surface area contributed by atoms with Gasteiger partial charge in [0.25, 0.3) is 0 Å². The second-order valence-electron chi connectivity index (χ2n) is 8.21. The number of hydrogen-bond acceptors (Lipinski definition) is 3. The first kappa shape index (κ1) is 21.3. The van der Waals surface area contributed by atoms with E-state index in [0.717, 1.165) is 10.0 Å². The van der Waals surface area contributed by atoms with Crippen LogP contribution in [0.5, 0.6) is 0 Å². The van der Waals surface area contributed by atoms with E-state index in [1.54, 1.807) is 17.0 Å². The molecule has 1 amide bonds. The standard InChI is InChI=1S/C23H24BrFN2O2/c1-16(17-4-8-19(24)9-5-17)27-13-12-23(29-21(27)28,14-22(2,3)15-26)18-6-10-20(25)11-7-18/h4-11,16H,12-14H2,1-3H3/t16?,23-/m0/s1. The summed E-state index contributed by atoms with van der Waals surface area (Å²) in [6, 6.07) is 16.0. The number of benzene rings is 2. The average Bonchev–Trinajstić information content (AvgIpc) is 2.68. The van der Waals surface area contributed by atoms with Crippen molar-refractivity contribution in [2.75, 3.05) is 6.54 Å². The van der Waals surface area contributed by atoms with Crippen molar-refractivity contribution in [3.63, 3.8) is 0 Å². The third-order valence-corrected chi connectivity index (χ3v) is 6.02. The number of nitrogens with zero attached hydrogens (tertiary/aromatic N) is 2. The first-order valence-corrected chi connectivity index (χ1v) is 10.4. The number of carbonyl (C=O) groups excluding carboxylic acids is 1. The number of amides is 1. The first-order valence-electron chi connectivity index (χ1n) is 9.58.